The number of nitrogen functional groups attached to an aromatic ring is 1. The second kappa shape index (κ2) is 3.72. The minimum atomic E-state index is -2.21. The molecular formula is C10H13F2N3O3. The van der Waals surface area contributed by atoms with E-state index in [1.54, 1.807) is 0 Å². The Morgan fingerprint density at radius 2 is 2.33 bits per heavy atom. The van der Waals surface area contributed by atoms with Crippen molar-refractivity contribution in [2.24, 2.45) is 0 Å². The van der Waals surface area contributed by atoms with Gasteiger partial charge >= 0.3 is 5.69 Å². The lowest BCUT2D eigenvalue weighted by Gasteiger charge is -2.54. The van der Waals surface area contributed by atoms with E-state index in [0.717, 1.165) is 17.7 Å². The molecular weight excluding hydrogens is 248 g/mol. The maximum absolute atomic E-state index is 13.9. The van der Waals surface area contributed by atoms with Gasteiger partial charge in [0, 0.05) is 12.6 Å². The van der Waals surface area contributed by atoms with Gasteiger partial charge in [0.2, 0.25) is 0 Å². The molecule has 0 saturated heterocycles. The van der Waals surface area contributed by atoms with Crippen LogP contribution in [0, 0.1) is 5.82 Å². The third-order valence-corrected chi connectivity index (χ3v) is 3.59. The van der Waals surface area contributed by atoms with Gasteiger partial charge in [0.25, 0.3) is 0 Å². The number of halogens is 2. The van der Waals surface area contributed by atoms with Crippen LogP contribution in [0.1, 0.15) is 19.4 Å². The monoisotopic (exact) mass is 261 g/mol. The van der Waals surface area contributed by atoms with Crippen molar-refractivity contribution in [1.29, 1.82) is 0 Å². The minimum absolute atomic E-state index is 0.304. The van der Waals surface area contributed by atoms with Gasteiger partial charge in [-0.25, -0.2) is 13.6 Å². The summed E-state index contributed by atoms with van der Waals surface area (Å²) in [6.07, 6.45) is 0.474. The normalized spacial score (nSPS) is 35.3. The summed E-state index contributed by atoms with van der Waals surface area (Å²) in [5.74, 6) is -1.48. The molecule has 0 amide bonds. The van der Waals surface area contributed by atoms with Gasteiger partial charge in [-0.2, -0.15) is 4.98 Å². The van der Waals surface area contributed by atoms with E-state index in [2.05, 4.69) is 4.98 Å². The lowest BCUT2D eigenvalue weighted by molar-refractivity contribution is -0.221. The molecule has 0 radical (unpaired) electrons. The second-order valence-corrected chi connectivity index (χ2v) is 4.65. The van der Waals surface area contributed by atoms with Crippen LogP contribution in [0.4, 0.5) is 14.6 Å². The second-order valence-electron chi connectivity index (χ2n) is 4.65. The number of nitrogens with two attached hydrogens (primary N) is 1. The highest BCUT2D eigenvalue weighted by molar-refractivity contribution is 5.27. The number of anilines is 1. The van der Waals surface area contributed by atoms with Gasteiger partial charge in [-0.15, -0.1) is 0 Å². The number of aliphatic hydroxyl groups is 2. The molecule has 1 aliphatic carbocycles. The molecule has 0 unspecified atom stereocenters. The van der Waals surface area contributed by atoms with Crippen molar-refractivity contribution in [2.75, 3.05) is 12.3 Å². The van der Waals surface area contributed by atoms with Gasteiger partial charge in [0.1, 0.15) is 5.60 Å². The zero-order valence-electron chi connectivity index (χ0n) is 9.60. The molecule has 4 N–H and O–H groups in total. The summed E-state index contributed by atoms with van der Waals surface area (Å²) in [6.45, 7) is 0.258. The Kier molecular flexibility index (Phi) is 2.67. The van der Waals surface area contributed by atoms with E-state index in [1.807, 2.05) is 0 Å². The first-order chi connectivity index (χ1) is 8.23. The van der Waals surface area contributed by atoms with E-state index in [1.165, 1.54) is 0 Å². The summed E-state index contributed by atoms with van der Waals surface area (Å²) in [6, 6.07) is -0.996. The lowest BCUT2D eigenvalue weighted by Crippen LogP contribution is -2.68. The highest BCUT2D eigenvalue weighted by atomic mass is 19.1. The highest BCUT2D eigenvalue weighted by Crippen LogP contribution is 2.52. The quantitative estimate of drug-likeness (QED) is 0.657. The Bertz CT molecular complexity index is 546. The summed E-state index contributed by atoms with van der Waals surface area (Å²) in [7, 11) is 0. The standard InChI is InChI=1S/C10H13F2N3O3/c1-9(18)6(2-10(9,12)4-16)15-3-5(11)7(13)14-8(15)17/h3,6,16,18H,2,4H2,1H3,(H2,13,14,17)/t6-,9-,10+/m1/s1. The van der Waals surface area contributed by atoms with Gasteiger partial charge in [0.15, 0.2) is 17.3 Å². The van der Waals surface area contributed by atoms with E-state index in [9.17, 15) is 18.7 Å². The van der Waals surface area contributed by atoms with Crippen LogP contribution in [0.25, 0.3) is 0 Å². The van der Waals surface area contributed by atoms with Crippen LogP contribution in [0.15, 0.2) is 11.0 Å². The van der Waals surface area contributed by atoms with E-state index >= 15 is 0 Å². The van der Waals surface area contributed by atoms with Gasteiger partial charge < -0.3 is 15.9 Å². The maximum atomic E-state index is 13.9. The first-order valence-corrected chi connectivity index (χ1v) is 5.29. The van der Waals surface area contributed by atoms with Crippen LogP contribution >= 0.6 is 0 Å². The summed E-state index contributed by atoms with van der Waals surface area (Å²) < 4.78 is 27.9. The molecule has 1 heterocycles. The van der Waals surface area contributed by atoms with Crippen LogP contribution in [-0.4, -0.2) is 37.6 Å². The maximum Gasteiger partial charge on any atom is 0.350 e. The summed E-state index contributed by atoms with van der Waals surface area (Å²) in [5.41, 5.74) is 0.0547. The number of rotatable bonds is 2. The Balaban J connectivity index is 2.42. The predicted octanol–water partition coefficient (Wildman–Crippen LogP) is -0.639. The molecule has 1 saturated carbocycles. The van der Waals surface area contributed by atoms with Crippen LogP contribution in [-0.2, 0) is 0 Å². The number of hydrogen-bond acceptors (Lipinski definition) is 5. The molecule has 0 aliphatic heterocycles. The van der Waals surface area contributed by atoms with Crippen LogP contribution < -0.4 is 11.4 Å². The summed E-state index contributed by atoms with van der Waals surface area (Å²) in [4.78, 5) is 14.8. The van der Waals surface area contributed by atoms with Crippen molar-refractivity contribution in [1.82, 2.24) is 9.55 Å². The number of alkyl halides is 1. The SMILES string of the molecule is C[C@@]1(O)[C@H](n2cc(F)c(N)nc2=O)C[C@]1(F)CO. The third kappa shape index (κ3) is 1.52. The van der Waals surface area contributed by atoms with Crippen LogP contribution in [0.5, 0.6) is 0 Å². The van der Waals surface area contributed by atoms with Crippen molar-refractivity contribution in [3.05, 3.63) is 22.5 Å². The van der Waals surface area contributed by atoms with Crippen molar-refractivity contribution < 1.29 is 19.0 Å². The predicted molar refractivity (Wildman–Crippen MR) is 58.1 cm³/mol. The number of aromatic nitrogens is 2. The van der Waals surface area contributed by atoms with E-state index < -0.39 is 41.2 Å². The fraction of sp³-hybridized carbons (Fsp3) is 0.600. The van der Waals surface area contributed by atoms with Crippen LogP contribution in [0.2, 0.25) is 0 Å². The largest absolute Gasteiger partial charge is 0.393 e. The van der Waals surface area contributed by atoms with Crippen LogP contribution in [0.3, 0.4) is 0 Å². The molecule has 6 nitrogen and oxygen atoms in total. The first-order valence-electron chi connectivity index (χ1n) is 5.29. The molecule has 1 fully saturated rings. The molecule has 100 valence electrons. The summed E-state index contributed by atoms with van der Waals surface area (Å²) in [5, 5.41) is 18.8. The number of aliphatic hydroxyl groups excluding tert-OH is 1. The fourth-order valence-electron chi connectivity index (χ4n) is 2.15. The zero-order valence-corrected chi connectivity index (χ0v) is 9.60. The molecule has 8 heteroatoms. The minimum Gasteiger partial charge on any atom is -0.393 e. The van der Waals surface area contributed by atoms with Gasteiger partial charge in [0.05, 0.1) is 12.6 Å². The fourth-order valence-corrected chi connectivity index (χ4v) is 2.15. The highest BCUT2D eigenvalue weighted by Gasteiger charge is 2.64. The average Bonchev–Trinajstić information content (AvgIpc) is 2.30. The number of nitrogens with zero attached hydrogens (tertiary/aromatic N) is 2. The van der Waals surface area contributed by atoms with Crippen molar-refractivity contribution in [2.45, 2.75) is 30.7 Å². The molecule has 0 bridgehead atoms. The Morgan fingerprint density at radius 1 is 1.72 bits per heavy atom. The van der Waals surface area contributed by atoms with E-state index in [0.29, 0.717) is 0 Å². The Morgan fingerprint density at radius 3 is 2.83 bits per heavy atom. The topological polar surface area (TPSA) is 101 Å². The molecule has 3 atom stereocenters. The smallest absolute Gasteiger partial charge is 0.350 e. The van der Waals surface area contributed by atoms with E-state index in [-0.39, 0.29) is 6.42 Å². The summed E-state index contributed by atoms with van der Waals surface area (Å²) >= 11 is 0. The van der Waals surface area contributed by atoms with Crippen molar-refractivity contribution >= 4 is 5.82 Å². The average molecular weight is 261 g/mol. The molecule has 0 aromatic carbocycles. The lowest BCUT2D eigenvalue weighted by atomic mass is 9.64. The van der Waals surface area contributed by atoms with Crippen molar-refractivity contribution in [3.8, 4) is 0 Å². The van der Waals surface area contributed by atoms with E-state index in [4.69, 9.17) is 10.8 Å². The van der Waals surface area contributed by atoms with Gasteiger partial charge in [-0.1, -0.05) is 0 Å². The number of hydrogen-bond donors (Lipinski definition) is 3. The van der Waals surface area contributed by atoms with Crippen molar-refractivity contribution in [3.63, 3.8) is 0 Å². The molecule has 1 aliphatic rings. The molecule has 1 aromatic rings. The zero-order chi connectivity index (χ0) is 13.7. The molecule has 2 rings (SSSR count). The Labute approximate surface area is 101 Å². The molecule has 18 heavy (non-hydrogen) atoms. The molecule has 1 aromatic heterocycles. The first kappa shape index (κ1) is 12.9. The Hall–Kier alpha value is -1.54. The van der Waals surface area contributed by atoms with Gasteiger partial charge in [-0.3, -0.25) is 4.57 Å². The molecule has 0 spiro atoms. The van der Waals surface area contributed by atoms with Gasteiger partial charge in [-0.05, 0) is 6.92 Å². The third-order valence-electron chi connectivity index (χ3n) is 3.59.